The molecular formula is C17H12BrN3. The molecular weight excluding hydrogens is 326 g/mol. The summed E-state index contributed by atoms with van der Waals surface area (Å²) in [5, 5.41) is 1.11. The third-order valence-electron chi connectivity index (χ3n) is 3.62. The van der Waals surface area contributed by atoms with Gasteiger partial charge in [0, 0.05) is 16.4 Å². The van der Waals surface area contributed by atoms with Crippen LogP contribution in [0.25, 0.3) is 33.1 Å². The van der Waals surface area contributed by atoms with Gasteiger partial charge in [-0.25, -0.2) is 9.97 Å². The first kappa shape index (κ1) is 12.5. The van der Waals surface area contributed by atoms with Crippen LogP contribution in [0.2, 0.25) is 0 Å². The van der Waals surface area contributed by atoms with Crippen molar-refractivity contribution in [3.05, 3.63) is 59.6 Å². The van der Waals surface area contributed by atoms with Gasteiger partial charge in [0.05, 0.1) is 16.6 Å². The zero-order valence-corrected chi connectivity index (χ0v) is 12.8. The molecule has 3 nitrogen and oxygen atoms in total. The van der Waals surface area contributed by atoms with Crippen LogP contribution in [0.4, 0.5) is 0 Å². The standard InChI is InChI=1S/C17H12BrN3/c1-2-9-21-15-8-7-11(18)10-12(15)16-17(21)20-14-6-4-3-5-13(14)19-16/h2-8,10H,1,9H2. The van der Waals surface area contributed by atoms with E-state index in [1.165, 1.54) is 0 Å². The first-order chi connectivity index (χ1) is 10.3. The monoisotopic (exact) mass is 337 g/mol. The summed E-state index contributed by atoms with van der Waals surface area (Å²) in [5.41, 5.74) is 4.80. The number of aromatic nitrogens is 3. The predicted octanol–water partition coefficient (Wildman–Crippen LogP) is 4.69. The van der Waals surface area contributed by atoms with Gasteiger partial charge < -0.3 is 4.57 Å². The molecule has 2 aromatic carbocycles. The zero-order chi connectivity index (χ0) is 14.4. The highest BCUT2D eigenvalue weighted by molar-refractivity contribution is 9.10. The Kier molecular flexibility index (Phi) is 2.79. The Hall–Kier alpha value is -2.20. The van der Waals surface area contributed by atoms with E-state index in [-0.39, 0.29) is 0 Å². The Labute approximate surface area is 130 Å². The number of allylic oxidation sites excluding steroid dienone is 1. The summed E-state index contributed by atoms with van der Waals surface area (Å²) in [6, 6.07) is 14.2. The summed E-state index contributed by atoms with van der Waals surface area (Å²) in [6.45, 7) is 4.57. The van der Waals surface area contributed by atoms with E-state index in [9.17, 15) is 0 Å². The predicted molar refractivity (Wildman–Crippen MR) is 90.4 cm³/mol. The van der Waals surface area contributed by atoms with Crippen molar-refractivity contribution in [1.29, 1.82) is 0 Å². The minimum atomic E-state index is 0.717. The number of nitrogens with zero attached hydrogens (tertiary/aromatic N) is 3. The Balaban J connectivity index is 2.24. The molecule has 0 radical (unpaired) electrons. The van der Waals surface area contributed by atoms with E-state index >= 15 is 0 Å². The minimum Gasteiger partial charge on any atom is -0.320 e. The lowest BCUT2D eigenvalue weighted by Crippen LogP contribution is -1.96. The Morgan fingerprint density at radius 1 is 1.10 bits per heavy atom. The molecule has 4 heteroatoms. The Morgan fingerprint density at radius 3 is 2.62 bits per heavy atom. The molecule has 2 aromatic heterocycles. The molecule has 4 aromatic rings. The third-order valence-corrected chi connectivity index (χ3v) is 4.12. The first-order valence-corrected chi connectivity index (χ1v) is 7.52. The van der Waals surface area contributed by atoms with Crippen molar-refractivity contribution in [2.45, 2.75) is 6.54 Å². The summed E-state index contributed by atoms with van der Waals surface area (Å²) >= 11 is 3.54. The van der Waals surface area contributed by atoms with Gasteiger partial charge >= 0.3 is 0 Å². The molecule has 0 saturated heterocycles. The average molecular weight is 338 g/mol. The molecule has 0 spiro atoms. The van der Waals surface area contributed by atoms with Gasteiger partial charge in [-0.1, -0.05) is 34.1 Å². The summed E-state index contributed by atoms with van der Waals surface area (Å²) < 4.78 is 3.20. The number of halogens is 1. The topological polar surface area (TPSA) is 30.7 Å². The maximum Gasteiger partial charge on any atom is 0.160 e. The fourth-order valence-electron chi connectivity index (χ4n) is 2.72. The first-order valence-electron chi connectivity index (χ1n) is 6.73. The van der Waals surface area contributed by atoms with Gasteiger partial charge in [0.25, 0.3) is 0 Å². The van der Waals surface area contributed by atoms with Crippen LogP contribution < -0.4 is 0 Å². The molecule has 0 amide bonds. The SMILES string of the molecule is C=CCn1c2ccc(Br)cc2c2nc3ccccc3nc21. The van der Waals surface area contributed by atoms with Gasteiger partial charge in [-0.15, -0.1) is 6.58 Å². The smallest absolute Gasteiger partial charge is 0.160 e. The quantitative estimate of drug-likeness (QED) is 0.497. The van der Waals surface area contributed by atoms with E-state index in [0.29, 0.717) is 6.54 Å². The molecule has 4 rings (SSSR count). The average Bonchev–Trinajstić information content (AvgIpc) is 2.79. The van der Waals surface area contributed by atoms with Crippen LogP contribution >= 0.6 is 15.9 Å². The highest BCUT2D eigenvalue weighted by Crippen LogP contribution is 2.30. The lowest BCUT2D eigenvalue weighted by atomic mass is 10.2. The van der Waals surface area contributed by atoms with Crippen molar-refractivity contribution in [2.75, 3.05) is 0 Å². The minimum absolute atomic E-state index is 0.717. The summed E-state index contributed by atoms with van der Waals surface area (Å²) in [6.07, 6.45) is 1.89. The fourth-order valence-corrected chi connectivity index (χ4v) is 3.08. The van der Waals surface area contributed by atoms with Crippen LogP contribution in [0.15, 0.2) is 59.6 Å². The van der Waals surface area contributed by atoms with Crippen molar-refractivity contribution >= 4 is 49.0 Å². The second-order valence-corrected chi connectivity index (χ2v) is 5.86. The van der Waals surface area contributed by atoms with Crippen LogP contribution in [-0.4, -0.2) is 14.5 Å². The largest absolute Gasteiger partial charge is 0.320 e. The van der Waals surface area contributed by atoms with Crippen molar-refractivity contribution in [3.8, 4) is 0 Å². The van der Waals surface area contributed by atoms with E-state index < -0.39 is 0 Å². The molecule has 0 atom stereocenters. The van der Waals surface area contributed by atoms with Crippen molar-refractivity contribution in [2.24, 2.45) is 0 Å². The van der Waals surface area contributed by atoms with Crippen LogP contribution in [-0.2, 0) is 6.54 Å². The maximum absolute atomic E-state index is 4.81. The molecule has 0 bridgehead atoms. The van der Waals surface area contributed by atoms with Gasteiger partial charge in [0.1, 0.15) is 5.52 Å². The molecule has 0 saturated carbocycles. The maximum atomic E-state index is 4.81. The lowest BCUT2D eigenvalue weighted by Gasteiger charge is -2.03. The third kappa shape index (κ3) is 1.87. The molecule has 102 valence electrons. The van der Waals surface area contributed by atoms with E-state index in [4.69, 9.17) is 9.97 Å². The lowest BCUT2D eigenvalue weighted by molar-refractivity contribution is 0.887. The molecule has 21 heavy (non-hydrogen) atoms. The van der Waals surface area contributed by atoms with Gasteiger partial charge in [-0.05, 0) is 30.3 Å². The zero-order valence-electron chi connectivity index (χ0n) is 11.3. The number of hydrogen-bond donors (Lipinski definition) is 0. The van der Waals surface area contributed by atoms with Crippen LogP contribution in [0.3, 0.4) is 0 Å². The highest BCUT2D eigenvalue weighted by atomic mass is 79.9. The van der Waals surface area contributed by atoms with E-state index in [2.05, 4.69) is 39.2 Å². The Morgan fingerprint density at radius 2 is 1.86 bits per heavy atom. The molecule has 0 aliphatic rings. The molecule has 0 aliphatic heterocycles. The summed E-state index contributed by atoms with van der Waals surface area (Å²) in [5.74, 6) is 0. The Bertz CT molecular complexity index is 1000. The normalized spacial score (nSPS) is 11.5. The number of benzene rings is 2. The summed E-state index contributed by atoms with van der Waals surface area (Å²) in [7, 11) is 0. The molecule has 0 aliphatic carbocycles. The summed E-state index contributed by atoms with van der Waals surface area (Å²) in [4.78, 5) is 9.61. The second kappa shape index (κ2) is 4.67. The number of fused-ring (bicyclic) bond motifs is 4. The van der Waals surface area contributed by atoms with Gasteiger partial charge in [0.2, 0.25) is 0 Å². The van der Waals surface area contributed by atoms with Crippen LogP contribution in [0, 0.1) is 0 Å². The molecule has 0 fully saturated rings. The fraction of sp³-hybridized carbons (Fsp3) is 0.0588. The number of hydrogen-bond acceptors (Lipinski definition) is 2. The number of para-hydroxylation sites is 2. The van der Waals surface area contributed by atoms with Crippen molar-refractivity contribution < 1.29 is 0 Å². The van der Waals surface area contributed by atoms with Gasteiger partial charge in [0.15, 0.2) is 5.65 Å². The van der Waals surface area contributed by atoms with Gasteiger partial charge in [-0.2, -0.15) is 0 Å². The van der Waals surface area contributed by atoms with E-state index in [1.807, 2.05) is 36.4 Å². The van der Waals surface area contributed by atoms with Crippen molar-refractivity contribution in [1.82, 2.24) is 14.5 Å². The van der Waals surface area contributed by atoms with E-state index in [0.717, 1.165) is 37.6 Å². The number of rotatable bonds is 2. The van der Waals surface area contributed by atoms with Crippen LogP contribution in [0.1, 0.15) is 0 Å². The molecule has 0 unspecified atom stereocenters. The van der Waals surface area contributed by atoms with Crippen molar-refractivity contribution in [3.63, 3.8) is 0 Å². The van der Waals surface area contributed by atoms with Crippen LogP contribution in [0.5, 0.6) is 0 Å². The van der Waals surface area contributed by atoms with E-state index in [1.54, 1.807) is 0 Å². The van der Waals surface area contributed by atoms with Gasteiger partial charge in [-0.3, -0.25) is 0 Å². The molecule has 0 N–H and O–H groups in total. The highest BCUT2D eigenvalue weighted by Gasteiger charge is 2.13. The second-order valence-electron chi connectivity index (χ2n) is 4.95. The molecule has 2 heterocycles.